The molecular weight excluding hydrogens is 359 g/mol. The van der Waals surface area contributed by atoms with Gasteiger partial charge >= 0.3 is 0 Å². The molecule has 0 heterocycles. The van der Waals surface area contributed by atoms with Crippen LogP contribution in [0.3, 0.4) is 0 Å². The highest BCUT2D eigenvalue weighted by atomic mass is 32.2. The molecule has 0 aliphatic carbocycles. The van der Waals surface area contributed by atoms with Crippen molar-refractivity contribution in [3.05, 3.63) is 59.9 Å². The van der Waals surface area contributed by atoms with Crippen molar-refractivity contribution in [1.29, 1.82) is 0 Å². The van der Waals surface area contributed by atoms with Gasteiger partial charge in [0.2, 0.25) is 10.0 Å². The van der Waals surface area contributed by atoms with Gasteiger partial charge in [0, 0.05) is 5.56 Å². The predicted octanol–water partition coefficient (Wildman–Crippen LogP) is 1.55. The third-order valence-electron chi connectivity index (χ3n) is 3.24. The Morgan fingerprint density at radius 3 is 2.62 bits per heavy atom. The number of benzene rings is 2. The van der Waals surface area contributed by atoms with Gasteiger partial charge in [-0.1, -0.05) is 12.0 Å². The van der Waals surface area contributed by atoms with Crippen molar-refractivity contribution >= 4 is 15.9 Å². The molecule has 2 rings (SSSR count). The van der Waals surface area contributed by atoms with Crippen LogP contribution in [0.1, 0.15) is 10.4 Å². The van der Waals surface area contributed by atoms with Gasteiger partial charge in [-0.3, -0.25) is 4.79 Å². The number of nitrogens with one attached hydrogen (secondary N) is 2. The molecule has 0 bridgehead atoms. The van der Waals surface area contributed by atoms with E-state index >= 15 is 0 Å². The van der Waals surface area contributed by atoms with Crippen LogP contribution >= 0.6 is 0 Å². The summed E-state index contributed by atoms with van der Waals surface area (Å²) in [6.07, 6.45) is 5.04. The molecule has 2 aromatic rings. The Balaban J connectivity index is 1.90. The van der Waals surface area contributed by atoms with E-state index in [2.05, 4.69) is 16.0 Å². The minimum atomic E-state index is -3.77. The van der Waals surface area contributed by atoms with Crippen LogP contribution in [0.25, 0.3) is 0 Å². The molecule has 0 radical (unpaired) electrons. The number of ether oxygens (including phenoxy) is 1. The van der Waals surface area contributed by atoms with Crippen molar-refractivity contribution in [2.75, 3.05) is 19.7 Å². The molecule has 0 aliphatic rings. The first-order valence-corrected chi connectivity index (χ1v) is 9.10. The topological polar surface area (TPSA) is 84.5 Å². The first kappa shape index (κ1) is 19.4. The molecule has 6 nitrogen and oxygen atoms in total. The number of hydrogen-bond donors (Lipinski definition) is 2. The summed E-state index contributed by atoms with van der Waals surface area (Å²) in [6.45, 7) is 0.237. The second-order valence-corrected chi connectivity index (χ2v) is 6.88. The third kappa shape index (κ3) is 5.58. The average molecular weight is 376 g/mol. The zero-order valence-corrected chi connectivity index (χ0v) is 14.6. The van der Waals surface area contributed by atoms with Crippen LogP contribution in [0.15, 0.2) is 53.4 Å². The van der Waals surface area contributed by atoms with Gasteiger partial charge in [0.15, 0.2) is 0 Å². The maximum absolute atomic E-state index is 12.8. The lowest BCUT2D eigenvalue weighted by molar-refractivity contribution is 0.0947. The van der Waals surface area contributed by atoms with E-state index in [9.17, 15) is 17.6 Å². The second kappa shape index (κ2) is 8.99. The Labute approximate surface area is 151 Å². The summed E-state index contributed by atoms with van der Waals surface area (Å²) in [7, 11) is -3.77. The van der Waals surface area contributed by atoms with Gasteiger partial charge < -0.3 is 10.1 Å². The Bertz CT molecular complexity index is 906. The maximum atomic E-state index is 12.8. The van der Waals surface area contributed by atoms with Crippen LogP contribution in [-0.4, -0.2) is 34.0 Å². The average Bonchev–Trinajstić information content (AvgIpc) is 2.65. The molecule has 0 spiro atoms. The minimum Gasteiger partial charge on any atom is -0.492 e. The maximum Gasteiger partial charge on any atom is 0.251 e. The highest BCUT2D eigenvalue weighted by Gasteiger charge is 2.15. The molecule has 0 atom stereocenters. The number of carbonyl (C=O) groups excluding carboxylic acids is 1. The first-order valence-electron chi connectivity index (χ1n) is 7.62. The monoisotopic (exact) mass is 376 g/mol. The number of terminal acetylenes is 1. The standard InChI is InChI=1S/C18H17FN2O4S/c1-2-10-21-26(23,24)17-5-3-4-14(13-17)18(22)20-11-12-25-16-8-6-15(19)7-9-16/h1,3-9,13,21H,10-12H2,(H,20,22). The Morgan fingerprint density at radius 2 is 1.92 bits per heavy atom. The molecule has 0 saturated heterocycles. The van der Waals surface area contributed by atoms with Crippen LogP contribution in [0.4, 0.5) is 4.39 Å². The summed E-state index contributed by atoms with van der Waals surface area (Å²) in [5, 5.41) is 2.62. The smallest absolute Gasteiger partial charge is 0.251 e. The van der Waals surface area contributed by atoms with Crippen LogP contribution in [0.5, 0.6) is 5.75 Å². The SMILES string of the molecule is C#CCNS(=O)(=O)c1cccc(C(=O)NCCOc2ccc(F)cc2)c1. The van der Waals surface area contributed by atoms with Crippen molar-refractivity contribution in [3.8, 4) is 18.1 Å². The zero-order chi connectivity index (χ0) is 19.0. The molecule has 0 saturated carbocycles. The van der Waals surface area contributed by atoms with Crippen molar-refractivity contribution in [3.63, 3.8) is 0 Å². The van der Waals surface area contributed by atoms with E-state index in [1.165, 1.54) is 48.5 Å². The molecule has 8 heteroatoms. The highest BCUT2D eigenvalue weighted by Crippen LogP contribution is 2.12. The lowest BCUT2D eigenvalue weighted by Crippen LogP contribution is -2.29. The normalized spacial score (nSPS) is 10.8. The Hall–Kier alpha value is -2.89. The fraction of sp³-hybridized carbons (Fsp3) is 0.167. The lowest BCUT2D eigenvalue weighted by Gasteiger charge is -2.09. The van der Waals surface area contributed by atoms with Gasteiger partial charge in [-0.05, 0) is 42.5 Å². The Morgan fingerprint density at radius 1 is 1.19 bits per heavy atom. The lowest BCUT2D eigenvalue weighted by atomic mass is 10.2. The van der Waals surface area contributed by atoms with Crippen LogP contribution in [-0.2, 0) is 10.0 Å². The zero-order valence-electron chi connectivity index (χ0n) is 13.7. The highest BCUT2D eigenvalue weighted by molar-refractivity contribution is 7.89. The molecular formula is C18H17FN2O4S. The van der Waals surface area contributed by atoms with Crippen LogP contribution in [0.2, 0.25) is 0 Å². The summed E-state index contributed by atoms with van der Waals surface area (Å²) < 4.78 is 44.4. The van der Waals surface area contributed by atoms with Crippen LogP contribution < -0.4 is 14.8 Å². The summed E-state index contributed by atoms with van der Waals surface area (Å²) in [4.78, 5) is 12.1. The molecule has 2 aromatic carbocycles. The molecule has 26 heavy (non-hydrogen) atoms. The first-order chi connectivity index (χ1) is 12.4. The van der Waals surface area contributed by atoms with E-state index in [1.54, 1.807) is 0 Å². The minimum absolute atomic E-state index is 0.0528. The van der Waals surface area contributed by atoms with Gasteiger partial charge in [-0.25, -0.2) is 12.8 Å². The summed E-state index contributed by atoms with van der Waals surface area (Å²) in [5.74, 6) is 1.85. The molecule has 136 valence electrons. The number of rotatable bonds is 8. The summed E-state index contributed by atoms with van der Waals surface area (Å²) in [5.41, 5.74) is 0.190. The second-order valence-electron chi connectivity index (χ2n) is 5.11. The molecule has 0 aromatic heterocycles. The number of carbonyl (C=O) groups is 1. The van der Waals surface area contributed by atoms with Gasteiger partial charge in [-0.15, -0.1) is 6.42 Å². The van der Waals surface area contributed by atoms with Crippen molar-refractivity contribution in [1.82, 2.24) is 10.0 Å². The van der Waals surface area contributed by atoms with E-state index in [4.69, 9.17) is 11.2 Å². The number of hydrogen-bond acceptors (Lipinski definition) is 4. The van der Waals surface area contributed by atoms with Gasteiger partial charge in [0.1, 0.15) is 18.2 Å². The molecule has 0 fully saturated rings. The van der Waals surface area contributed by atoms with Crippen molar-refractivity contribution in [2.24, 2.45) is 0 Å². The quantitative estimate of drug-likeness (QED) is 0.541. The number of sulfonamides is 1. The fourth-order valence-corrected chi connectivity index (χ4v) is 2.97. The van der Waals surface area contributed by atoms with E-state index in [-0.39, 0.29) is 36.0 Å². The summed E-state index contributed by atoms with van der Waals surface area (Å²) >= 11 is 0. The van der Waals surface area contributed by atoms with Crippen molar-refractivity contribution < 1.29 is 22.3 Å². The number of amides is 1. The van der Waals surface area contributed by atoms with E-state index < -0.39 is 15.9 Å². The summed E-state index contributed by atoms with van der Waals surface area (Å²) in [6, 6.07) is 11.1. The van der Waals surface area contributed by atoms with Gasteiger partial charge in [-0.2, -0.15) is 4.72 Å². The van der Waals surface area contributed by atoms with Crippen molar-refractivity contribution in [2.45, 2.75) is 4.90 Å². The van der Waals surface area contributed by atoms with E-state index in [0.717, 1.165) is 0 Å². The van der Waals surface area contributed by atoms with Gasteiger partial charge in [0.05, 0.1) is 18.0 Å². The van der Waals surface area contributed by atoms with Gasteiger partial charge in [0.25, 0.3) is 5.91 Å². The third-order valence-corrected chi connectivity index (χ3v) is 4.64. The van der Waals surface area contributed by atoms with E-state index in [1.807, 2.05) is 0 Å². The fourth-order valence-electron chi connectivity index (χ4n) is 1.99. The molecule has 2 N–H and O–H groups in total. The number of halogens is 1. The molecule has 0 aliphatic heterocycles. The predicted molar refractivity (Wildman–Crippen MR) is 94.7 cm³/mol. The largest absolute Gasteiger partial charge is 0.492 e. The Kier molecular flexibility index (Phi) is 6.72. The van der Waals surface area contributed by atoms with E-state index in [0.29, 0.717) is 5.75 Å². The molecule has 1 amide bonds. The molecule has 0 unspecified atom stereocenters. The van der Waals surface area contributed by atoms with Crippen LogP contribution in [0, 0.1) is 18.2 Å².